The van der Waals surface area contributed by atoms with Crippen LogP contribution in [-0.2, 0) is 19.6 Å². The predicted molar refractivity (Wildman–Crippen MR) is 65.2 cm³/mol. The zero-order valence-corrected chi connectivity index (χ0v) is 11.1. The van der Waals surface area contributed by atoms with Crippen LogP contribution >= 0.6 is 0 Å². The van der Waals surface area contributed by atoms with E-state index in [-0.39, 0.29) is 10.5 Å². The molecular formula is C11H13NO6S. The molecule has 0 bridgehead atoms. The van der Waals surface area contributed by atoms with E-state index in [1.807, 2.05) is 4.72 Å². The van der Waals surface area contributed by atoms with E-state index in [0.29, 0.717) is 0 Å². The molecule has 8 heteroatoms. The van der Waals surface area contributed by atoms with Crippen molar-refractivity contribution in [3.05, 3.63) is 29.8 Å². The van der Waals surface area contributed by atoms with Gasteiger partial charge in [0.05, 0.1) is 17.6 Å². The molecule has 1 aromatic carbocycles. The molecule has 0 amide bonds. The van der Waals surface area contributed by atoms with Crippen molar-refractivity contribution in [2.75, 3.05) is 7.11 Å². The van der Waals surface area contributed by atoms with Crippen LogP contribution < -0.4 is 4.72 Å². The zero-order valence-electron chi connectivity index (χ0n) is 10.3. The van der Waals surface area contributed by atoms with Crippen LogP contribution in [-0.4, -0.2) is 38.6 Å². The molecule has 1 aromatic rings. The third kappa shape index (κ3) is 3.76. The van der Waals surface area contributed by atoms with Crippen LogP contribution in [0.2, 0.25) is 0 Å². The van der Waals surface area contributed by atoms with Gasteiger partial charge in [0.15, 0.2) is 0 Å². The molecule has 2 N–H and O–H groups in total. The molecule has 0 saturated heterocycles. The first kappa shape index (κ1) is 15.1. The van der Waals surface area contributed by atoms with E-state index in [1.54, 1.807) is 0 Å². The van der Waals surface area contributed by atoms with Gasteiger partial charge in [-0.2, -0.15) is 4.72 Å². The topological polar surface area (TPSA) is 110 Å². The minimum atomic E-state index is -3.94. The SMILES string of the molecule is COC(=O)c1ccc(S(=O)(=O)N[C@@H](C)C(=O)O)cc1. The summed E-state index contributed by atoms with van der Waals surface area (Å²) in [5.74, 6) is -1.87. The van der Waals surface area contributed by atoms with E-state index in [1.165, 1.54) is 38.3 Å². The second-order valence-corrected chi connectivity index (χ2v) is 5.41. The number of rotatable bonds is 5. The highest BCUT2D eigenvalue weighted by Crippen LogP contribution is 2.11. The molecule has 104 valence electrons. The van der Waals surface area contributed by atoms with Crippen LogP contribution in [0.1, 0.15) is 17.3 Å². The molecule has 7 nitrogen and oxygen atoms in total. The van der Waals surface area contributed by atoms with Crippen molar-refractivity contribution in [3.8, 4) is 0 Å². The van der Waals surface area contributed by atoms with E-state index in [0.717, 1.165) is 0 Å². The number of carboxylic acids is 1. The minimum absolute atomic E-state index is 0.131. The molecule has 0 aliphatic heterocycles. The van der Waals surface area contributed by atoms with Gasteiger partial charge in [0, 0.05) is 0 Å². The Hall–Kier alpha value is -1.93. The smallest absolute Gasteiger partial charge is 0.337 e. The number of sulfonamides is 1. The number of carboxylic acid groups (broad SMARTS) is 1. The summed E-state index contributed by atoms with van der Waals surface area (Å²) in [6.07, 6.45) is 0. The fourth-order valence-electron chi connectivity index (χ4n) is 1.24. The fourth-order valence-corrected chi connectivity index (χ4v) is 2.44. The van der Waals surface area contributed by atoms with Gasteiger partial charge in [-0.15, -0.1) is 0 Å². The van der Waals surface area contributed by atoms with Crippen LogP contribution in [0.15, 0.2) is 29.2 Å². The summed E-state index contributed by atoms with van der Waals surface area (Å²) in [6.45, 7) is 1.21. The first-order chi connectivity index (χ1) is 8.77. The molecule has 0 radical (unpaired) electrons. The molecule has 1 atom stereocenters. The van der Waals surface area contributed by atoms with Crippen LogP contribution in [0.3, 0.4) is 0 Å². The van der Waals surface area contributed by atoms with Gasteiger partial charge in [-0.3, -0.25) is 4.79 Å². The van der Waals surface area contributed by atoms with Gasteiger partial charge >= 0.3 is 11.9 Å². The first-order valence-electron chi connectivity index (χ1n) is 5.21. The number of aliphatic carboxylic acids is 1. The average Bonchev–Trinajstić information content (AvgIpc) is 2.37. The normalized spacial score (nSPS) is 12.7. The Labute approximate surface area is 110 Å². The van der Waals surface area contributed by atoms with Crippen LogP contribution in [0.4, 0.5) is 0 Å². The van der Waals surface area contributed by atoms with Crippen molar-refractivity contribution in [1.29, 1.82) is 0 Å². The van der Waals surface area contributed by atoms with Crippen LogP contribution in [0.25, 0.3) is 0 Å². The Bertz CT molecular complexity index is 578. The quantitative estimate of drug-likeness (QED) is 0.750. The maximum Gasteiger partial charge on any atom is 0.337 e. The summed E-state index contributed by atoms with van der Waals surface area (Å²) >= 11 is 0. The summed E-state index contributed by atoms with van der Waals surface area (Å²) in [7, 11) is -2.73. The maximum atomic E-state index is 11.8. The lowest BCUT2D eigenvalue weighted by atomic mass is 10.2. The van der Waals surface area contributed by atoms with E-state index in [9.17, 15) is 18.0 Å². The molecule has 0 aliphatic rings. The highest BCUT2D eigenvalue weighted by molar-refractivity contribution is 7.89. The molecule has 0 aromatic heterocycles. The Morgan fingerprint density at radius 2 is 1.79 bits per heavy atom. The van der Waals surface area contributed by atoms with Gasteiger partial charge in [-0.1, -0.05) is 0 Å². The Morgan fingerprint density at radius 3 is 2.21 bits per heavy atom. The summed E-state index contributed by atoms with van der Waals surface area (Å²) in [5, 5.41) is 8.65. The lowest BCUT2D eigenvalue weighted by molar-refractivity contribution is -0.138. The Kier molecular flexibility index (Phi) is 4.62. The molecular weight excluding hydrogens is 274 g/mol. The molecule has 0 fully saturated rings. The monoisotopic (exact) mass is 287 g/mol. The summed E-state index contributed by atoms with van der Waals surface area (Å²) in [5.41, 5.74) is 0.202. The minimum Gasteiger partial charge on any atom is -0.480 e. The summed E-state index contributed by atoms with van der Waals surface area (Å²) < 4.78 is 30.1. The number of ether oxygens (including phenoxy) is 1. The largest absolute Gasteiger partial charge is 0.480 e. The molecule has 0 unspecified atom stereocenters. The van der Waals surface area contributed by atoms with Crippen molar-refractivity contribution < 1.29 is 27.9 Å². The molecule has 0 saturated carbocycles. The van der Waals surface area contributed by atoms with Gasteiger partial charge in [0.2, 0.25) is 10.0 Å². The number of carbonyl (C=O) groups is 2. The van der Waals surface area contributed by atoms with Crippen LogP contribution in [0.5, 0.6) is 0 Å². The number of carbonyl (C=O) groups excluding carboxylic acids is 1. The van der Waals surface area contributed by atoms with Gasteiger partial charge in [0.1, 0.15) is 6.04 Å². The average molecular weight is 287 g/mol. The van der Waals surface area contributed by atoms with Crippen LogP contribution in [0, 0.1) is 0 Å². The van der Waals surface area contributed by atoms with Crippen molar-refractivity contribution in [1.82, 2.24) is 4.72 Å². The molecule has 0 aliphatic carbocycles. The summed E-state index contributed by atoms with van der Waals surface area (Å²) in [4.78, 5) is 21.6. The van der Waals surface area contributed by atoms with E-state index in [2.05, 4.69) is 4.74 Å². The fraction of sp³-hybridized carbons (Fsp3) is 0.273. The number of esters is 1. The first-order valence-corrected chi connectivity index (χ1v) is 6.70. The third-order valence-electron chi connectivity index (χ3n) is 2.29. The van der Waals surface area contributed by atoms with Gasteiger partial charge < -0.3 is 9.84 Å². The maximum absolute atomic E-state index is 11.8. The zero-order chi connectivity index (χ0) is 14.6. The number of nitrogens with one attached hydrogen (secondary N) is 1. The number of hydrogen-bond donors (Lipinski definition) is 2. The van der Waals surface area contributed by atoms with E-state index >= 15 is 0 Å². The Morgan fingerprint density at radius 1 is 1.26 bits per heavy atom. The van der Waals surface area contributed by atoms with Gasteiger partial charge in [-0.05, 0) is 31.2 Å². The molecule has 1 rings (SSSR count). The van der Waals surface area contributed by atoms with Crippen molar-refractivity contribution >= 4 is 22.0 Å². The van der Waals surface area contributed by atoms with Crippen molar-refractivity contribution in [2.24, 2.45) is 0 Å². The Balaban J connectivity index is 2.97. The lowest BCUT2D eigenvalue weighted by Crippen LogP contribution is -2.38. The van der Waals surface area contributed by atoms with Crippen molar-refractivity contribution in [2.45, 2.75) is 17.9 Å². The van der Waals surface area contributed by atoms with E-state index in [4.69, 9.17) is 5.11 Å². The molecule has 19 heavy (non-hydrogen) atoms. The second kappa shape index (κ2) is 5.81. The lowest BCUT2D eigenvalue weighted by Gasteiger charge is -2.10. The highest BCUT2D eigenvalue weighted by atomic mass is 32.2. The van der Waals surface area contributed by atoms with Gasteiger partial charge in [0.25, 0.3) is 0 Å². The molecule has 0 spiro atoms. The summed E-state index contributed by atoms with van der Waals surface area (Å²) in [6, 6.07) is 3.72. The number of methoxy groups -OCH3 is 1. The number of hydrogen-bond acceptors (Lipinski definition) is 5. The van der Waals surface area contributed by atoms with Gasteiger partial charge in [-0.25, -0.2) is 13.2 Å². The standard InChI is InChI=1S/C11H13NO6S/c1-7(10(13)14)12-19(16,17)9-5-3-8(4-6-9)11(15)18-2/h3-7,12H,1-2H3,(H,13,14)/t7-/m0/s1. The third-order valence-corrected chi connectivity index (χ3v) is 3.84. The highest BCUT2D eigenvalue weighted by Gasteiger charge is 2.21. The molecule has 0 heterocycles. The van der Waals surface area contributed by atoms with Crippen molar-refractivity contribution in [3.63, 3.8) is 0 Å². The second-order valence-electron chi connectivity index (χ2n) is 3.70. The number of benzene rings is 1. The predicted octanol–water partition coefficient (Wildman–Crippen LogP) is 0.225. The van der Waals surface area contributed by atoms with E-state index < -0.39 is 28.0 Å².